The van der Waals surface area contributed by atoms with Crippen LogP contribution in [0, 0.1) is 0 Å². The minimum absolute atomic E-state index is 0.0615. The highest BCUT2D eigenvalue weighted by molar-refractivity contribution is 8.18. The number of nitrogens with one attached hydrogen (secondary N) is 1. The summed E-state index contributed by atoms with van der Waals surface area (Å²) in [5.74, 6) is -0.827. The molecular weight excluding hydrogens is 474 g/mol. The van der Waals surface area contributed by atoms with E-state index in [1.165, 1.54) is 6.92 Å². The average molecular weight is 496 g/mol. The Morgan fingerprint density at radius 2 is 1.85 bits per heavy atom. The minimum atomic E-state index is -0.418. The van der Waals surface area contributed by atoms with Gasteiger partial charge in [-0.25, -0.2) is 0 Å². The van der Waals surface area contributed by atoms with Crippen LogP contribution in [0.2, 0.25) is 5.02 Å². The molecule has 1 N–H and O–H groups in total. The van der Waals surface area contributed by atoms with Crippen molar-refractivity contribution < 1.29 is 19.2 Å². The fourth-order valence-corrected chi connectivity index (χ4v) is 4.86. The normalized spacial score (nSPS) is 18.4. The van der Waals surface area contributed by atoms with Crippen molar-refractivity contribution >= 4 is 58.5 Å². The quantitative estimate of drug-likeness (QED) is 0.598. The van der Waals surface area contributed by atoms with E-state index in [2.05, 4.69) is 5.32 Å². The van der Waals surface area contributed by atoms with Gasteiger partial charge in [0.1, 0.15) is 0 Å². The van der Waals surface area contributed by atoms with Crippen LogP contribution in [0.3, 0.4) is 0 Å². The van der Waals surface area contributed by atoms with Gasteiger partial charge >= 0.3 is 0 Å². The number of benzene rings is 2. The number of nitrogens with zero attached hydrogens (tertiary/aromatic N) is 2. The predicted molar refractivity (Wildman–Crippen MR) is 132 cm³/mol. The van der Waals surface area contributed by atoms with E-state index in [-0.39, 0.29) is 36.6 Å². The van der Waals surface area contributed by atoms with Crippen LogP contribution in [-0.4, -0.2) is 45.9 Å². The van der Waals surface area contributed by atoms with Crippen molar-refractivity contribution in [2.24, 2.45) is 0 Å². The van der Waals surface area contributed by atoms with Gasteiger partial charge in [-0.05, 0) is 52.7 Å². The molecule has 1 atom stereocenters. The molecule has 0 bridgehead atoms. The van der Waals surface area contributed by atoms with Gasteiger partial charge in [0.25, 0.3) is 11.1 Å². The van der Waals surface area contributed by atoms with Crippen molar-refractivity contribution in [3.8, 4) is 0 Å². The summed E-state index contributed by atoms with van der Waals surface area (Å²) in [4.78, 5) is 52.7. The Bertz CT molecular complexity index is 1210. The molecule has 2 heterocycles. The fourth-order valence-electron chi connectivity index (χ4n) is 3.87. The zero-order valence-corrected chi connectivity index (χ0v) is 19.9. The minimum Gasteiger partial charge on any atom is -0.354 e. The van der Waals surface area contributed by atoms with Gasteiger partial charge in [0.05, 0.1) is 17.4 Å². The highest BCUT2D eigenvalue weighted by Gasteiger charge is 2.35. The first kappa shape index (κ1) is 23.8. The van der Waals surface area contributed by atoms with Crippen LogP contribution in [0.1, 0.15) is 36.1 Å². The summed E-state index contributed by atoms with van der Waals surface area (Å²) < 4.78 is 0. The zero-order chi connectivity index (χ0) is 24.2. The highest BCUT2D eigenvalue weighted by Crippen LogP contribution is 2.33. The first-order chi connectivity index (χ1) is 16.3. The molecule has 1 fully saturated rings. The molecule has 0 aromatic heterocycles. The predicted octanol–water partition coefficient (Wildman–Crippen LogP) is 4.46. The molecule has 1 unspecified atom stereocenters. The maximum absolute atomic E-state index is 12.7. The SMILES string of the molecule is CC(=O)N1C=Cc2ccccc2C1CC(=O)NCCN1C(=O)S/C(=C/c2ccc(Cl)cc2)C1=O. The Kier molecular flexibility index (Phi) is 7.19. The largest absolute Gasteiger partial charge is 0.354 e. The van der Waals surface area contributed by atoms with Gasteiger partial charge in [0.2, 0.25) is 11.8 Å². The van der Waals surface area contributed by atoms with Gasteiger partial charge in [-0.15, -0.1) is 0 Å². The van der Waals surface area contributed by atoms with Gasteiger partial charge in [0.15, 0.2) is 0 Å². The molecule has 2 aliphatic rings. The summed E-state index contributed by atoms with van der Waals surface area (Å²) in [6.45, 7) is 1.64. The maximum Gasteiger partial charge on any atom is 0.293 e. The second kappa shape index (κ2) is 10.3. The topological polar surface area (TPSA) is 86.8 Å². The number of carbonyl (C=O) groups excluding carboxylic acids is 4. The third-order valence-electron chi connectivity index (χ3n) is 5.55. The van der Waals surface area contributed by atoms with E-state index < -0.39 is 11.9 Å². The lowest BCUT2D eigenvalue weighted by Gasteiger charge is -2.32. The summed E-state index contributed by atoms with van der Waals surface area (Å²) in [5, 5.41) is 2.97. The lowest BCUT2D eigenvalue weighted by molar-refractivity contribution is -0.130. The van der Waals surface area contributed by atoms with Crippen molar-refractivity contribution in [2.75, 3.05) is 13.1 Å². The summed E-state index contributed by atoms with van der Waals surface area (Å²) in [6, 6.07) is 14.1. The first-order valence-electron chi connectivity index (χ1n) is 10.7. The first-order valence-corrected chi connectivity index (χ1v) is 11.9. The number of fused-ring (bicyclic) bond motifs is 1. The number of thioether (sulfide) groups is 1. The molecule has 0 aliphatic carbocycles. The second-order valence-electron chi connectivity index (χ2n) is 7.83. The Morgan fingerprint density at radius 1 is 1.12 bits per heavy atom. The molecule has 2 aromatic carbocycles. The van der Waals surface area contributed by atoms with Crippen LogP contribution in [0.4, 0.5) is 4.79 Å². The molecule has 0 radical (unpaired) electrons. The van der Waals surface area contributed by atoms with Gasteiger partial charge in [-0.3, -0.25) is 24.1 Å². The molecule has 7 nitrogen and oxygen atoms in total. The van der Waals surface area contributed by atoms with Crippen LogP contribution >= 0.6 is 23.4 Å². The van der Waals surface area contributed by atoms with E-state index in [1.807, 2.05) is 30.3 Å². The van der Waals surface area contributed by atoms with E-state index in [1.54, 1.807) is 41.4 Å². The molecule has 174 valence electrons. The van der Waals surface area contributed by atoms with Crippen LogP contribution < -0.4 is 5.32 Å². The standard InChI is InChI=1S/C25H22ClN3O4S/c1-16(30)28-12-10-18-4-2-3-5-20(18)21(28)15-23(31)27-11-13-29-24(32)22(34-25(29)33)14-17-6-8-19(26)9-7-17/h2-10,12,14,21H,11,13,15H2,1H3,(H,27,31)/b22-14+. The second-order valence-corrected chi connectivity index (χ2v) is 9.26. The van der Waals surface area contributed by atoms with E-state index in [9.17, 15) is 19.2 Å². The number of hydrogen-bond acceptors (Lipinski definition) is 5. The Balaban J connectivity index is 1.35. The fraction of sp³-hybridized carbons (Fsp3) is 0.200. The number of carbonyl (C=O) groups is 4. The maximum atomic E-state index is 12.7. The van der Waals surface area contributed by atoms with Gasteiger partial charge in [-0.2, -0.15) is 0 Å². The summed E-state index contributed by atoms with van der Waals surface area (Å²) in [5.41, 5.74) is 2.62. The molecule has 34 heavy (non-hydrogen) atoms. The van der Waals surface area contributed by atoms with E-state index in [0.717, 1.165) is 33.4 Å². The van der Waals surface area contributed by atoms with E-state index in [0.29, 0.717) is 9.93 Å². The van der Waals surface area contributed by atoms with Crippen LogP contribution in [0.5, 0.6) is 0 Å². The van der Waals surface area contributed by atoms with Crippen molar-refractivity contribution in [1.29, 1.82) is 0 Å². The summed E-state index contributed by atoms with van der Waals surface area (Å²) >= 11 is 6.75. The molecule has 1 saturated heterocycles. The van der Waals surface area contributed by atoms with Crippen molar-refractivity contribution in [3.05, 3.63) is 81.3 Å². The number of amides is 4. The molecule has 9 heteroatoms. The molecule has 2 aromatic rings. The average Bonchev–Trinajstić information content (AvgIpc) is 3.08. The smallest absolute Gasteiger partial charge is 0.293 e. The Hall–Kier alpha value is -3.36. The summed E-state index contributed by atoms with van der Waals surface area (Å²) in [7, 11) is 0. The lowest BCUT2D eigenvalue weighted by atomic mass is 9.93. The molecule has 0 saturated carbocycles. The lowest BCUT2D eigenvalue weighted by Crippen LogP contribution is -2.39. The third kappa shape index (κ3) is 5.24. The zero-order valence-electron chi connectivity index (χ0n) is 18.4. The molecule has 0 spiro atoms. The molecule has 4 amide bonds. The van der Waals surface area contributed by atoms with Crippen LogP contribution in [0.15, 0.2) is 59.6 Å². The van der Waals surface area contributed by atoms with Gasteiger partial charge < -0.3 is 10.2 Å². The molecular formula is C25H22ClN3O4S. The third-order valence-corrected chi connectivity index (χ3v) is 6.71. The van der Waals surface area contributed by atoms with E-state index in [4.69, 9.17) is 11.6 Å². The van der Waals surface area contributed by atoms with Crippen molar-refractivity contribution in [2.45, 2.75) is 19.4 Å². The summed E-state index contributed by atoms with van der Waals surface area (Å²) in [6.07, 6.45) is 5.25. The van der Waals surface area contributed by atoms with Gasteiger partial charge in [0, 0.05) is 31.2 Å². The molecule has 2 aliphatic heterocycles. The number of halogens is 1. The monoisotopic (exact) mass is 495 g/mol. The van der Waals surface area contributed by atoms with Crippen molar-refractivity contribution in [3.63, 3.8) is 0 Å². The van der Waals surface area contributed by atoms with Crippen LogP contribution in [0.25, 0.3) is 12.2 Å². The number of hydrogen-bond donors (Lipinski definition) is 1. The van der Waals surface area contributed by atoms with Crippen molar-refractivity contribution in [1.82, 2.24) is 15.1 Å². The Morgan fingerprint density at radius 3 is 2.59 bits per heavy atom. The van der Waals surface area contributed by atoms with E-state index >= 15 is 0 Å². The molecule has 4 rings (SSSR count). The number of rotatable bonds is 6. The highest BCUT2D eigenvalue weighted by atomic mass is 35.5. The number of imide groups is 1. The Labute approximate surface area is 206 Å². The van der Waals surface area contributed by atoms with Gasteiger partial charge in [-0.1, -0.05) is 48.0 Å². The van der Waals surface area contributed by atoms with Crippen LogP contribution in [-0.2, 0) is 14.4 Å².